The smallest absolute Gasteiger partial charge is 0.164 e. The lowest BCUT2D eigenvalue weighted by Gasteiger charge is -2.10. The lowest BCUT2D eigenvalue weighted by molar-refractivity contribution is 0.0983. The highest BCUT2D eigenvalue weighted by Crippen LogP contribution is 2.32. The Morgan fingerprint density at radius 1 is 1.27 bits per heavy atom. The zero-order chi connectivity index (χ0) is 11.0. The molecule has 1 aliphatic heterocycles. The van der Waals surface area contributed by atoms with Crippen LogP contribution in [0.2, 0.25) is 0 Å². The van der Waals surface area contributed by atoms with E-state index >= 15 is 0 Å². The van der Waals surface area contributed by atoms with Crippen LogP contribution in [-0.4, -0.2) is 11.0 Å². The van der Waals surface area contributed by atoms with E-state index in [-0.39, 0.29) is 0 Å². The zero-order valence-corrected chi connectivity index (χ0v) is 10.3. The van der Waals surface area contributed by atoms with Crippen LogP contribution in [0.4, 0.5) is 0 Å². The molecule has 0 fully saturated rings. The van der Waals surface area contributed by atoms with Crippen molar-refractivity contribution in [3.63, 3.8) is 0 Å². The number of fused-ring (bicyclic) bond motifs is 1. The molecular weight excluding hydrogens is 204 g/mol. The van der Waals surface area contributed by atoms with E-state index in [1.165, 1.54) is 11.1 Å². The molecule has 2 rings (SSSR count). The molecule has 1 heterocycles. The van der Waals surface area contributed by atoms with Crippen LogP contribution in [0.5, 0.6) is 0 Å². The van der Waals surface area contributed by atoms with Crippen molar-refractivity contribution in [2.75, 3.05) is 0 Å². The Morgan fingerprint density at radius 3 is 2.67 bits per heavy atom. The van der Waals surface area contributed by atoms with Gasteiger partial charge in [0, 0.05) is 23.0 Å². The molecule has 0 saturated carbocycles. The van der Waals surface area contributed by atoms with Gasteiger partial charge in [-0.05, 0) is 30.5 Å². The molecule has 1 aromatic rings. The number of benzene rings is 1. The maximum absolute atomic E-state index is 12.1. The van der Waals surface area contributed by atoms with E-state index in [0.717, 1.165) is 16.9 Å². The van der Waals surface area contributed by atoms with Gasteiger partial charge in [0.05, 0.1) is 0 Å². The van der Waals surface area contributed by atoms with Crippen molar-refractivity contribution < 1.29 is 4.79 Å². The molecule has 1 unspecified atom stereocenters. The summed E-state index contributed by atoms with van der Waals surface area (Å²) in [5, 5.41) is 0.448. The minimum Gasteiger partial charge on any atom is -0.294 e. The lowest BCUT2D eigenvalue weighted by Crippen LogP contribution is -2.07. The third-order valence-electron chi connectivity index (χ3n) is 3.02. The van der Waals surface area contributed by atoms with Gasteiger partial charge >= 0.3 is 0 Å². The Kier molecular flexibility index (Phi) is 2.87. The number of hydrogen-bond donors (Lipinski definition) is 0. The Bertz CT molecular complexity index is 409. The molecule has 0 amide bonds. The average molecular weight is 220 g/mol. The molecule has 0 aromatic heterocycles. The summed E-state index contributed by atoms with van der Waals surface area (Å²) in [4.78, 5) is 12.1. The summed E-state index contributed by atoms with van der Waals surface area (Å²) < 4.78 is 0. The van der Waals surface area contributed by atoms with E-state index in [9.17, 15) is 4.79 Å². The number of Topliss-reactive ketones (excluding diaryl/α,β-unsaturated/α-hetero) is 1. The van der Waals surface area contributed by atoms with Gasteiger partial charge in [0.25, 0.3) is 0 Å². The van der Waals surface area contributed by atoms with Crippen molar-refractivity contribution >= 4 is 17.5 Å². The topological polar surface area (TPSA) is 17.1 Å². The summed E-state index contributed by atoms with van der Waals surface area (Å²) in [5.41, 5.74) is 4.64. The van der Waals surface area contributed by atoms with Crippen molar-refractivity contribution in [3.8, 4) is 0 Å². The second kappa shape index (κ2) is 4.01. The molecule has 80 valence electrons. The second-order valence-corrected chi connectivity index (χ2v) is 5.73. The molecule has 1 atom stereocenters. The summed E-state index contributed by atoms with van der Waals surface area (Å²) in [6.45, 7) is 6.28. The highest BCUT2D eigenvalue weighted by atomic mass is 32.2. The van der Waals surface area contributed by atoms with Gasteiger partial charge in [-0.3, -0.25) is 4.79 Å². The zero-order valence-electron chi connectivity index (χ0n) is 9.46. The number of carbonyl (C=O) groups is 1. The highest BCUT2D eigenvalue weighted by Gasteiger charge is 2.22. The van der Waals surface area contributed by atoms with Crippen LogP contribution in [0.15, 0.2) is 12.1 Å². The van der Waals surface area contributed by atoms with Crippen molar-refractivity contribution in [1.82, 2.24) is 0 Å². The summed E-state index contributed by atoms with van der Waals surface area (Å²) in [6, 6.07) is 4.19. The van der Waals surface area contributed by atoms with Crippen LogP contribution in [0.25, 0.3) is 0 Å². The Labute approximate surface area is 95.3 Å². The second-order valence-electron chi connectivity index (χ2n) is 4.30. The molecule has 1 nitrogen and oxygen atoms in total. The van der Waals surface area contributed by atoms with Gasteiger partial charge in [0.1, 0.15) is 0 Å². The fourth-order valence-corrected chi connectivity index (χ4v) is 3.18. The highest BCUT2D eigenvalue weighted by molar-refractivity contribution is 7.99. The molecule has 2 heteroatoms. The molecule has 0 bridgehead atoms. The number of ketones is 1. The van der Waals surface area contributed by atoms with Crippen LogP contribution in [0.1, 0.15) is 40.4 Å². The van der Waals surface area contributed by atoms with Crippen LogP contribution in [0, 0.1) is 13.8 Å². The van der Waals surface area contributed by atoms with Crippen molar-refractivity contribution in [1.29, 1.82) is 0 Å². The predicted molar refractivity (Wildman–Crippen MR) is 65.6 cm³/mol. The fraction of sp³-hybridized carbons (Fsp3) is 0.462. The predicted octanol–water partition coefficient (Wildman–Crippen LogP) is 3.51. The van der Waals surface area contributed by atoms with E-state index in [2.05, 4.69) is 26.0 Å². The molecule has 1 aromatic carbocycles. The average Bonchev–Trinajstić information content (AvgIpc) is 2.32. The van der Waals surface area contributed by atoms with E-state index in [1.807, 2.05) is 18.7 Å². The van der Waals surface area contributed by atoms with Gasteiger partial charge in [-0.25, -0.2) is 0 Å². The van der Waals surface area contributed by atoms with Crippen LogP contribution < -0.4 is 0 Å². The monoisotopic (exact) mass is 220 g/mol. The minimum absolute atomic E-state index is 0.323. The first kappa shape index (κ1) is 10.7. The number of thioether (sulfide) groups is 1. The van der Waals surface area contributed by atoms with E-state index in [4.69, 9.17) is 0 Å². The Hall–Kier alpha value is -0.760. The standard InChI is InChI=1S/C13H16OS/c1-8-4-5-9(2)13-11(8)7-15-10(3)6-12(13)14/h4-5,10H,6-7H2,1-3H3. The maximum atomic E-state index is 12.1. The number of rotatable bonds is 0. The van der Waals surface area contributed by atoms with E-state index in [1.54, 1.807) is 0 Å². The number of hydrogen-bond acceptors (Lipinski definition) is 2. The van der Waals surface area contributed by atoms with Gasteiger partial charge in [-0.2, -0.15) is 11.8 Å². The first-order chi connectivity index (χ1) is 7.09. The molecule has 0 aliphatic carbocycles. The third-order valence-corrected chi connectivity index (χ3v) is 4.21. The van der Waals surface area contributed by atoms with Gasteiger partial charge in [-0.1, -0.05) is 19.1 Å². The molecule has 0 spiro atoms. The summed E-state index contributed by atoms with van der Waals surface area (Å²) in [6.07, 6.45) is 0.682. The van der Waals surface area contributed by atoms with Crippen LogP contribution >= 0.6 is 11.8 Å². The van der Waals surface area contributed by atoms with Crippen LogP contribution in [0.3, 0.4) is 0 Å². The molecule has 15 heavy (non-hydrogen) atoms. The molecule has 0 saturated heterocycles. The van der Waals surface area contributed by atoms with Crippen molar-refractivity contribution in [2.45, 2.75) is 38.2 Å². The fourth-order valence-electron chi connectivity index (χ4n) is 2.09. The van der Waals surface area contributed by atoms with Gasteiger partial charge in [-0.15, -0.1) is 0 Å². The Balaban J connectivity index is 2.57. The first-order valence-corrected chi connectivity index (χ1v) is 6.38. The SMILES string of the molecule is Cc1ccc(C)c2c1CSC(C)CC2=O. The minimum atomic E-state index is 0.323. The number of aryl methyl sites for hydroxylation is 2. The third kappa shape index (κ3) is 1.96. The van der Waals surface area contributed by atoms with Crippen LogP contribution in [-0.2, 0) is 5.75 Å². The lowest BCUT2D eigenvalue weighted by atomic mass is 9.94. The van der Waals surface area contributed by atoms with Crippen molar-refractivity contribution in [2.24, 2.45) is 0 Å². The first-order valence-electron chi connectivity index (χ1n) is 5.33. The summed E-state index contributed by atoms with van der Waals surface area (Å²) in [5.74, 6) is 1.30. The van der Waals surface area contributed by atoms with Crippen molar-refractivity contribution in [3.05, 3.63) is 34.4 Å². The van der Waals surface area contributed by atoms with Gasteiger partial charge in [0.2, 0.25) is 0 Å². The number of carbonyl (C=O) groups excluding carboxylic acids is 1. The van der Waals surface area contributed by atoms with E-state index < -0.39 is 0 Å². The van der Waals surface area contributed by atoms with Gasteiger partial charge in [0.15, 0.2) is 5.78 Å². The molecule has 0 N–H and O–H groups in total. The largest absolute Gasteiger partial charge is 0.294 e. The molecule has 1 aliphatic rings. The van der Waals surface area contributed by atoms with Gasteiger partial charge < -0.3 is 0 Å². The van der Waals surface area contributed by atoms with E-state index in [0.29, 0.717) is 17.5 Å². The summed E-state index contributed by atoms with van der Waals surface area (Å²) in [7, 11) is 0. The molecule has 0 radical (unpaired) electrons. The summed E-state index contributed by atoms with van der Waals surface area (Å²) >= 11 is 1.89. The normalized spacial score (nSPS) is 21.0. The molecular formula is C13H16OS. The Morgan fingerprint density at radius 2 is 1.93 bits per heavy atom. The quantitative estimate of drug-likeness (QED) is 0.665. The maximum Gasteiger partial charge on any atom is 0.164 e.